The number of carbonyl (C=O) groups excluding carboxylic acids is 1. The molecule has 1 unspecified atom stereocenters. The fourth-order valence-corrected chi connectivity index (χ4v) is 2.13. The summed E-state index contributed by atoms with van der Waals surface area (Å²) < 4.78 is 0. The van der Waals surface area contributed by atoms with Crippen molar-refractivity contribution in [3.8, 4) is 0 Å². The lowest BCUT2D eigenvalue weighted by molar-refractivity contribution is -0.108. The molecule has 0 aliphatic rings. The van der Waals surface area contributed by atoms with Crippen LogP contribution in [0.25, 0.3) is 0 Å². The molecular weight excluding hydrogens is 222 g/mol. The molecule has 2 rings (SSSR count). The van der Waals surface area contributed by atoms with Gasteiger partial charge in [0.15, 0.2) is 0 Å². The summed E-state index contributed by atoms with van der Waals surface area (Å²) in [7, 11) is 2.02. The molecule has 0 heterocycles. The summed E-state index contributed by atoms with van der Waals surface area (Å²) in [5, 5.41) is 0. The van der Waals surface area contributed by atoms with Crippen LogP contribution in [0, 0.1) is 0 Å². The molecule has 0 bridgehead atoms. The number of anilines is 1. The minimum atomic E-state index is 0.0890. The van der Waals surface area contributed by atoms with E-state index in [2.05, 4.69) is 29.2 Å². The Morgan fingerprint density at radius 2 is 1.56 bits per heavy atom. The molecule has 0 N–H and O–H groups in total. The summed E-state index contributed by atoms with van der Waals surface area (Å²) in [6.45, 7) is 0. The van der Waals surface area contributed by atoms with Crippen LogP contribution >= 0.6 is 0 Å². The summed E-state index contributed by atoms with van der Waals surface area (Å²) in [4.78, 5) is 13.0. The Kier molecular flexibility index (Phi) is 4.13. The van der Waals surface area contributed by atoms with Gasteiger partial charge in [0.05, 0.1) is 6.04 Å². The first kappa shape index (κ1) is 12.4. The lowest BCUT2D eigenvalue weighted by Crippen LogP contribution is -2.24. The topological polar surface area (TPSA) is 20.3 Å². The molecule has 0 amide bonds. The zero-order chi connectivity index (χ0) is 12.8. The lowest BCUT2D eigenvalue weighted by Gasteiger charge is -2.29. The molecule has 2 nitrogen and oxygen atoms in total. The van der Waals surface area contributed by atoms with Crippen LogP contribution in [0.15, 0.2) is 60.7 Å². The summed E-state index contributed by atoms with van der Waals surface area (Å²) in [5.41, 5.74) is 2.28. The summed E-state index contributed by atoms with van der Waals surface area (Å²) in [5.74, 6) is 0. The Morgan fingerprint density at radius 3 is 2.11 bits per heavy atom. The number of para-hydroxylation sites is 1. The van der Waals surface area contributed by atoms with E-state index in [0.717, 1.165) is 17.5 Å². The molecular formula is C16H17NO. The Balaban J connectivity index is 2.28. The van der Waals surface area contributed by atoms with Crippen LogP contribution in [0.2, 0.25) is 0 Å². The molecule has 2 heteroatoms. The summed E-state index contributed by atoms with van der Waals surface area (Å²) >= 11 is 0. The van der Waals surface area contributed by atoms with E-state index >= 15 is 0 Å². The number of aldehydes is 1. The van der Waals surface area contributed by atoms with Gasteiger partial charge in [-0.25, -0.2) is 0 Å². The second kappa shape index (κ2) is 6.01. The average molecular weight is 239 g/mol. The van der Waals surface area contributed by atoms with E-state index in [1.165, 1.54) is 0 Å². The highest BCUT2D eigenvalue weighted by molar-refractivity contribution is 5.56. The first-order valence-electron chi connectivity index (χ1n) is 6.09. The first-order chi connectivity index (χ1) is 8.83. The molecule has 0 spiro atoms. The van der Waals surface area contributed by atoms with Gasteiger partial charge in [0, 0.05) is 19.2 Å². The van der Waals surface area contributed by atoms with Crippen LogP contribution in [0.5, 0.6) is 0 Å². The molecule has 92 valence electrons. The zero-order valence-electron chi connectivity index (χ0n) is 10.5. The van der Waals surface area contributed by atoms with Crippen LogP contribution < -0.4 is 4.90 Å². The molecule has 0 fully saturated rings. The third-order valence-electron chi connectivity index (χ3n) is 3.13. The van der Waals surface area contributed by atoms with Crippen molar-refractivity contribution in [1.29, 1.82) is 0 Å². The van der Waals surface area contributed by atoms with Gasteiger partial charge in [-0.1, -0.05) is 48.5 Å². The standard InChI is InChI=1S/C16H17NO/c1-17(15-10-6-3-7-11-15)16(12-13-18)14-8-4-2-5-9-14/h2-11,13,16H,12H2,1H3. The quantitative estimate of drug-likeness (QED) is 0.745. The molecule has 0 aliphatic heterocycles. The maximum atomic E-state index is 10.9. The highest BCUT2D eigenvalue weighted by Gasteiger charge is 2.16. The van der Waals surface area contributed by atoms with E-state index in [9.17, 15) is 4.79 Å². The van der Waals surface area contributed by atoms with Gasteiger partial charge in [0.2, 0.25) is 0 Å². The van der Waals surface area contributed by atoms with Crippen molar-refractivity contribution >= 4 is 12.0 Å². The largest absolute Gasteiger partial charge is 0.367 e. The van der Waals surface area contributed by atoms with Gasteiger partial charge in [-0.2, -0.15) is 0 Å². The molecule has 0 radical (unpaired) electrons. The minimum Gasteiger partial charge on any atom is -0.367 e. The van der Waals surface area contributed by atoms with E-state index in [1.54, 1.807) is 0 Å². The minimum absolute atomic E-state index is 0.0890. The Morgan fingerprint density at radius 1 is 1.00 bits per heavy atom. The van der Waals surface area contributed by atoms with Crippen molar-refractivity contribution in [3.05, 3.63) is 66.2 Å². The van der Waals surface area contributed by atoms with Gasteiger partial charge >= 0.3 is 0 Å². The predicted molar refractivity (Wildman–Crippen MR) is 74.7 cm³/mol. The maximum absolute atomic E-state index is 10.9. The monoisotopic (exact) mass is 239 g/mol. The Hall–Kier alpha value is -2.09. The molecule has 2 aromatic carbocycles. The summed E-state index contributed by atoms with van der Waals surface area (Å²) in [6, 6.07) is 20.3. The third-order valence-corrected chi connectivity index (χ3v) is 3.13. The fraction of sp³-hybridized carbons (Fsp3) is 0.188. The van der Waals surface area contributed by atoms with Gasteiger partial charge in [-0.05, 0) is 17.7 Å². The van der Waals surface area contributed by atoms with E-state index < -0.39 is 0 Å². The van der Waals surface area contributed by atoms with Crippen LogP contribution in [0.3, 0.4) is 0 Å². The first-order valence-corrected chi connectivity index (χ1v) is 6.09. The Bertz CT molecular complexity index is 481. The second-order valence-corrected chi connectivity index (χ2v) is 4.28. The Labute approximate surface area is 108 Å². The van der Waals surface area contributed by atoms with Gasteiger partial charge in [-0.3, -0.25) is 0 Å². The number of carbonyl (C=O) groups is 1. The van der Waals surface area contributed by atoms with Crippen LogP contribution in [0.1, 0.15) is 18.0 Å². The molecule has 1 atom stereocenters. The van der Waals surface area contributed by atoms with Crippen LogP contribution in [-0.4, -0.2) is 13.3 Å². The highest BCUT2D eigenvalue weighted by atomic mass is 16.1. The van der Waals surface area contributed by atoms with Crippen molar-refractivity contribution in [3.63, 3.8) is 0 Å². The lowest BCUT2D eigenvalue weighted by atomic mass is 10.0. The molecule has 2 aromatic rings. The molecule has 0 saturated carbocycles. The maximum Gasteiger partial charge on any atom is 0.122 e. The molecule has 0 aliphatic carbocycles. The second-order valence-electron chi connectivity index (χ2n) is 4.28. The predicted octanol–water partition coefficient (Wildman–Crippen LogP) is 3.45. The number of benzene rings is 2. The van der Waals surface area contributed by atoms with Gasteiger partial charge in [-0.15, -0.1) is 0 Å². The van der Waals surface area contributed by atoms with Gasteiger partial charge in [0.1, 0.15) is 6.29 Å². The highest BCUT2D eigenvalue weighted by Crippen LogP contribution is 2.27. The van der Waals surface area contributed by atoms with Crippen molar-refractivity contribution in [2.75, 3.05) is 11.9 Å². The van der Waals surface area contributed by atoms with Gasteiger partial charge in [0.25, 0.3) is 0 Å². The van der Waals surface area contributed by atoms with E-state index in [-0.39, 0.29) is 6.04 Å². The third kappa shape index (κ3) is 2.77. The van der Waals surface area contributed by atoms with Crippen LogP contribution in [0.4, 0.5) is 5.69 Å². The number of nitrogens with zero attached hydrogens (tertiary/aromatic N) is 1. The average Bonchev–Trinajstić information content (AvgIpc) is 2.46. The van der Waals surface area contributed by atoms with E-state index in [4.69, 9.17) is 0 Å². The smallest absolute Gasteiger partial charge is 0.122 e. The van der Waals surface area contributed by atoms with E-state index in [1.807, 2.05) is 43.4 Å². The fourth-order valence-electron chi connectivity index (χ4n) is 2.13. The normalized spacial score (nSPS) is 11.8. The SMILES string of the molecule is CN(c1ccccc1)C(CC=O)c1ccccc1. The zero-order valence-corrected chi connectivity index (χ0v) is 10.5. The van der Waals surface area contributed by atoms with Gasteiger partial charge < -0.3 is 9.69 Å². The number of rotatable bonds is 5. The number of hydrogen-bond acceptors (Lipinski definition) is 2. The number of hydrogen-bond donors (Lipinski definition) is 0. The van der Waals surface area contributed by atoms with Crippen LogP contribution in [-0.2, 0) is 4.79 Å². The molecule has 0 saturated heterocycles. The van der Waals surface area contributed by atoms with E-state index in [0.29, 0.717) is 6.42 Å². The van der Waals surface area contributed by atoms with Crippen molar-refractivity contribution in [1.82, 2.24) is 0 Å². The van der Waals surface area contributed by atoms with Crippen molar-refractivity contribution in [2.24, 2.45) is 0 Å². The van der Waals surface area contributed by atoms with Crippen molar-refractivity contribution in [2.45, 2.75) is 12.5 Å². The molecule has 0 aromatic heterocycles. The molecule has 18 heavy (non-hydrogen) atoms. The summed E-state index contributed by atoms with van der Waals surface area (Å²) in [6.07, 6.45) is 1.48. The van der Waals surface area contributed by atoms with Crippen molar-refractivity contribution < 1.29 is 4.79 Å².